The Labute approximate surface area is 179 Å². The van der Waals surface area contributed by atoms with Crippen molar-refractivity contribution in [3.8, 4) is 0 Å². The van der Waals surface area contributed by atoms with Gasteiger partial charge >= 0.3 is 0 Å². The monoisotopic (exact) mass is 414 g/mol. The lowest BCUT2D eigenvalue weighted by Gasteiger charge is -2.30. The van der Waals surface area contributed by atoms with Crippen LogP contribution >= 0.6 is 11.3 Å². The van der Waals surface area contributed by atoms with Crippen LogP contribution in [0.1, 0.15) is 36.5 Å². The third kappa shape index (κ3) is 5.91. The fourth-order valence-corrected chi connectivity index (χ4v) is 5.15. The summed E-state index contributed by atoms with van der Waals surface area (Å²) in [4.78, 5) is 17.3. The van der Waals surface area contributed by atoms with E-state index < -0.39 is 0 Å². The third-order valence-corrected chi connectivity index (χ3v) is 6.48. The molecule has 2 unspecified atom stereocenters. The van der Waals surface area contributed by atoms with Gasteiger partial charge in [-0.05, 0) is 52.3 Å². The van der Waals surface area contributed by atoms with Crippen molar-refractivity contribution < 1.29 is 9.53 Å². The molecule has 158 valence electrons. The number of methoxy groups -OCH3 is 1. The first kappa shape index (κ1) is 22.0. The fraction of sp³-hybridized carbons (Fsp3) is 0.542. The number of benzene rings is 1. The molecule has 29 heavy (non-hydrogen) atoms. The summed E-state index contributed by atoms with van der Waals surface area (Å²) in [6, 6.07) is 10.9. The van der Waals surface area contributed by atoms with Gasteiger partial charge in [-0.3, -0.25) is 9.69 Å². The Bertz CT molecular complexity index is 775. The molecular formula is C24H34N2O2S. The van der Waals surface area contributed by atoms with Crippen molar-refractivity contribution in [1.82, 2.24) is 9.80 Å². The highest BCUT2D eigenvalue weighted by Gasteiger charge is 2.36. The first-order chi connectivity index (χ1) is 14.0. The van der Waals surface area contributed by atoms with Gasteiger partial charge in [-0.15, -0.1) is 0 Å². The fourth-order valence-electron chi connectivity index (χ4n) is 4.49. The minimum absolute atomic E-state index is 0.0982. The molecule has 4 nitrogen and oxygen atoms in total. The first-order valence-electron chi connectivity index (χ1n) is 10.5. The molecule has 0 saturated carbocycles. The second-order valence-electron chi connectivity index (χ2n) is 8.67. The van der Waals surface area contributed by atoms with Crippen LogP contribution in [0.15, 0.2) is 41.1 Å². The summed E-state index contributed by atoms with van der Waals surface area (Å²) in [6.07, 6.45) is 0. The van der Waals surface area contributed by atoms with Crippen LogP contribution < -0.4 is 0 Å². The lowest BCUT2D eigenvalue weighted by molar-refractivity contribution is -0.136. The average molecular weight is 415 g/mol. The number of aryl methyl sites for hydroxylation is 1. The third-order valence-electron chi connectivity index (χ3n) is 5.75. The molecule has 1 aliphatic rings. The number of hydrogen-bond acceptors (Lipinski definition) is 4. The highest BCUT2D eigenvalue weighted by molar-refractivity contribution is 7.07. The maximum Gasteiger partial charge on any atom is 0.248 e. The van der Waals surface area contributed by atoms with Crippen LogP contribution in [0.3, 0.4) is 0 Å². The van der Waals surface area contributed by atoms with Crippen molar-refractivity contribution in [1.29, 1.82) is 0 Å². The maximum absolute atomic E-state index is 12.7. The van der Waals surface area contributed by atoms with Crippen LogP contribution in [0.4, 0.5) is 0 Å². The predicted octanol–water partition coefficient (Wildman–Crippen LogP) is 4.40. The Balaban J connectivity index is 1.81. The minimum Gasteiger partial charge on any atom is -0.375 e. The van der Waals surface area contributed by atoms with Gasteiger partial charge in [-0.25, -0.2) is 0 Å². The quantitative estimate of drug-likeness (QED) is 0.610. The van der Waals surface area contributed by atoms with Crippen molar-refractivity contribution >= 4 is 17.2 Å². The summed E-state index contributed by atoms with van der Waals surface area (Å²) in [5, 5.41) is 4.39. The maximum atomic E-state index is 12.7. The molecule has 5 heteroatoms. The Morgan fingerprint density at radius 1 is 1.28 bits per heavy atom. The zero-order valence-electron chi connectivity index (χ0n) is 18.1. The number of thiophene rings is 1. The largest absolute Gasteiger partial charge is 0.375 e. The number of ether oxygens (including phenoxy) is 1. The van der Waals surface area contributed by atoms with Crippen molar-refractivity contribution in [2.24, 2.45) is 11.8 Å². The number of amides is 1. The van der Waals surface area contributed by atoms with Crippen LogP contribution in [0, 0.1) is 18.8 Å². The lowest BCUT2D eigenvalue weighted by atomic mass is 9.86. The summed E-state index contributed by atoms with van der Waals surface area (Å²) in [7, 11) is 1.60. The predicted molar refractivity (Wildman–Crippen MR) is 120 cm³/mol. The Kier molecular flexibility index (Phi) is 7.87. The van der Waals surface area contributed by atoms with Crippen molar-refractivity contribution in [2.45, 2.75) is 33.2 Å². The highest BCUT2D eigenvalue weighted by atomic mass is 32.1. The smallest absolute Gasteiger partial charge is 0.248 e. The molecule has 0 N–H and O–H groups in total. The van der Waals surface area contributed by atoms with Crippen molar-refractivity contribution in [3.63, 3.8) is 0 Å². The molecule has 2 heterocycles. The lowest BCUT2D eigenvalue weighted by Crippen LogP contribution is -2.41. The van der Waals surface area contributed by atoms with E-state index in [1.165, 1.54) is 16.7 Å². The van der Waals surface area contributed by atoms with Crippen molar-refractivity contribution in [3.05, 3.63) is 57.8 Å². The summed E-state index contributed by atoms with van der Waals surface area (Å²) >= 11 is 1.76. The van der Waals surface area contributed by atoms with Crippen LogP contribution in [-0.4, -0.2) is 55.6 Å². The van der Waals surface area contributed by atoms with E-state index in [4.69, 9.17) is 4.74 Å². The van der Waals surface area contributed by atoms with E-state index in [1.807, 2.05) is 4.90 Å². The van der Waals surface area contributed by atoms with Gasteiger partial charge in [-0.2, -0.15) is 11.3 Å². The standard InChI is InChI=1S/C24H34N2O2S/c1-18(2)11-26(24(27)16-28-4)14-21-13-25(12-20-9-10-29-17-20)15-23(21)22-8-6-5-7-19(22)3/h5-10,17-18,21,23H,11-16H2,1-4H3. The number of rotatable bonds is 9. The second-order valence-corrected chi connectivity index (χ2v) is 9.45. The number of likely N-dealkylation sites (tertiary alicyclic amines) is 1. The van der Waals surface area contributed by atoms with Crippen LogP contribution in [0.5, 0.6) is 0 Å². The molecular weight excluding hydrogens is 380 g/mol. The van der Waals surface area contributed by atoms with Gasteiger partial charge in [0.05, 0.1) is 0 Å². The molecule has 0 aliphatic carbocycles. The summed E-state index contributed by atoms with van der Waals surface area (Å²) in [5.41, 5.74) is 4.15. The van der Waals surface area contributed by atoms with E-state index in [2.05, 4.69) is 66.8 Å². The minimum atomic E-state index is 0.0982. The molecule has 1 fully saturated rings. The van der Waals surface area contributed by atoms with Gasteiger partial charge in [-0.1, -0.05) is 38.1 Å². The molecule has 2 aromatic rings. The van der Waals surface area contributed by atoms with Crippen LogP contribution in [-0.2, 0) is 16.1 Å². The Hall–Kier alpha value is -1.69. The van der Waals surface area contributed by atoms with Crippen LogP contribution in [0.2, 0.25) is 0 Å². The molecule has 0 bridgehead atoms. The van der Waals surface area contributed by atoms with Gasteiger partial charge in [0.2, 0.25) is 5.91 Å². The Morgan fingerprint density at radius 3 is 2.72 bits per heavy atom. The van der Waals surface area contributed by atoms with E-state index in [9.17, 15) is 4.79 Å². The topological polar surface area (TPSA) is 32.8 Å². The number of carbonyl (C=O) groups is 1. The van der Waals surface area contributed by atoms with Gasteiger partial charge in [0.1, 0.15) is 6.61 Å². The molecule has 1 aromatic carbocycles. The van der Waals surface area contributed by atoms with Gasteiger partial charge in [0.15, 0.2) is 0 Å². The molecule has 0 radical (unpaired) electrons. The molecule has 2 atom stereocenters. The molecule has 1 aliphatic heterocycles. The zero-order valence-corrected chi connectivity index (χ0v) is 19.0. The van der Waals surface area contributed by atoms with E-state index in [0.29, 0.717) is 17.8 Å². The molecule has 1 amide bonds. The summed E-state index contributed by atoms with van der Waals surface area (Å²) in [5.74, 6) is 1.41. The van der Waals surface area contributed by atoms with Gasteiger partial charge in [0.25, 0.3) is 0 Å². The zero-order chi connectivity index (χ0) is 20.8. The highest BCUT2D eigenvalue weighted by Crippen LogP contribution is 2.36. The molecule has 3 rings (SSSR count). The van der Waals surface area contributed by atoms with Gasteiger partial charge in [0, 0.05) is 45.8 Å². The van der Waals surface area contributed by atoms with Crippen LogP contribution in [0.25, 0.3) is 0 Å². The van der Waals surface area contributed by atoms with Gasteiger partial charge < -0.3 is 9.64 Å². The number of hydrogen-bond donors (Lipinski definition) is 0. The van der Waals surface area contributed by atoms with E-state index in [-0.39, 0.29) is 12.5 Å². The van der Waals surface area contributed by atoms with E-state index in [0.717, 1.165) is 32.7 Å². The average Bonchev–Trinajstić information content (AvgIpc) is 3.32. The summed E-state index contributed by atoms with van der Waals surface area (Å²) in [6.45, 7) is 11.3. The second kappa shape index (κ2) is 10.4. The van der Waals surface area contributed by atoms with E-state index >= 15 is 0 Å². The summed E-state index contributed by atoms with van der Waals surface area (Å²) < 4.78 is 5.15. The normalized spacial score (nSPS) is 19.8. The first-order valence-corrected chi connectivity index (χ1v) is 11.5. The SMILES string of the molecule is COCC(=O)N(CC(C)C)CC1CN(Cc2ccsc2)CC1c1ccccc1C. The number of carbonyl (C=O) groups excluding carboxylic acids is 1. The number of nitrogens with zero attached hydrogens (tertiary/aromatic N) is 2. The van der Waals surface area contributed by atoms with Crippen molar-refractivity contribution in [2.75, 3.05) is 39.9 Å². The molecule has 1 aromatic heterocycles. The molecule has 1 saturated heterocycles. The Morgan fingerprint density at radius 2 is 2.07 bits per heavy atom. The molecule has 0 spiro atoms. The van der Waals surface area contributed by atoms with E-state index in [1.54, 1.807) is 18.4 Å².